The summed E-state index contributed by atoms with van der Waals surface area (Å²) in [5.41, 5.74) is 0.0210. The number of cyclic esters (lactones) is 1. The summed E-state index contributed by atoms with van der Waals surface area (Å²) in [6, 6.07) is 4.31. The molecule has 1 aromatic carbocycles. The Morgan fingerprint density at radius 1 is 1.30 bits per heavy atom. The molecule has 0 bridgehead atoms. The van der Waals surface area contributed by atoms with Crippen molar-refractivity contribution < 1.29 is 22.7 Å². The number of halogens is 3. The lowest BCUT2D eigenvalue weighted by atomic mass is 10.0. The molecule has 0 aromatic heterocycles. The maximum absolute atomic E-state index is 12.5. The SMILES string of the molecule is CC1CC(NC(C)c2ccc(C(F)(F)F)cc2)C(=O)O1. The van der Waals surface area contributed by atoms with Gasteiger partial charge in [0.05, 0.1) is 5.56 Å². The fraction of sp³-hybridized carbons (Fsp3) is 0.500. The fourth-order valence-corrected chi connectivity index (χ4v) is 2.25. The van der Waals surface area contributed by atoms with Crippen molar-refractivity contribution in [2.45, 2.75) is 44.6 Å². The molecule has 3 unspecified atom stereocenters. The zero-order valence-electron chi connectivity index (χ0n) is 11.2. The van der Waals surface area contributed by atoms with Crippen molar-refractivity contribution in [2.24, 2.45) is 0 Å². The summed E-state index contributed by atoms with van der Waals surface area (Å²) in [4.78, 5) is 11.5. The number of alkyl halides is 3. The average Bonchev–Trinajstić information content (AvgIpc) is 2.67. The second-order valence-corrected chi connectivity index (χ2v) is 5.04. The van der Waals surface area contributed by atoms with Crippen molar-refractivity contribution in [3.8, 4) is 0 Å². The van der Waals surface area contributed by atoms with Gasteiger partial charge in [-0.25, -0.2) is 0 Å². The van der Waals surface area contributed by atoms with E-state index in [4.69, 9.17) is 4.74 Å². The van der Waals surface area contributed by atoms with E-state index in [9.17, 15) is 18.0 Å². The molecule has 1 aromatic rings. The molecule has 0 aliphatic carbocycles. The van der Waals surface area contributed by atoms with Crippen molar-refractivity contribution in [2.75, 3.05) is 0 Å². The zero-order valence-corrected chi connectivity index (χ0v) is 11.2. The summed E-state index contributed by atoms with van der Waals surface area (Å²) in [7, 11) is 0. The lowest BCUT2D eigenvalue weighted by Crippen LogP contribution is -2.35. The normalized spacial score (nSPS) is 24.6. The average molecular weight is 287 g/mol. The second-order valence-electron chi connectivity index (χ2n) is 5.04. The molecule has 3 nitrogen and oxygen atoms in total. The Labute approximate surface area is 115 Å². The van der Waals surface area contributed by atoms with E-state index in [-0.39, 0.29) is 18.1 Å². The van der Waals surface area contributed by atoms with Gasteiger partial charge in [0.2, 0.25) is 0 Å². The molecule has 1 N–H and O–H groups in total. The molecule has 1 aliphatic heterocycles. The van der Waals surface area contributed by atoms with Gasteiger partial charge in [0.15, 0.2) is 0 Å². The van der Waals surface area contributed by atoms with Crippen molar-refractivity contribution in [1.29, 1.82) is 0 Å². The highest BCUT2D eigenvalue weighted by atomic mass is 19.4. The quantitative estimate of drug-likeness (QED) is 0.868. The van der Waals surface area contributed by atoms with Crippen LogP contribution >= 0.6 is 0 Å². The zero-order chi connectivity index (χ0) is 14.9. The second kappa shape index (κ2) is 5.44. The summed E-state index contributed by atoms with van der Waals surface area (Å²) in [6.07, 6.45) is -3.89. The van der Waals surface area contributed by atoms with Gasteiger partial charge in [0, 0.05) is 12.5 Å². The molecule has 20 heavy (non-hydrogen) atoms. The first kappa shape index (κ1) is 14.8. The number of esters is 1. The maximum atomic E-state index is 12.5. The standard InChI is InChI=1S/C14H16F3NO2/c1-8-7-12(13(19)20-8)18-9(2)10-3-5-11(6-4-10)14(15,16)17/h3-6,8-9,12,18H,7H2,1-2H3. The van der Waals surface area contributed by atoms with E-state index in [0.717, 1.165) is 12.1 Å². The fourth-order valence-electron chi connectivity index (χ4n) is 2.25. The summed E-state index contributed by atoms with van der Waals surface area (Å²) < 4.78 is 42.4. The van der Waals surface area contributed by atoms with Gasteiger partial charge >= 0.3 is 12.1 Å². The molecule has 0 spiro atoms. The Hall–Kier alpha value is -1.56. The Kier molecular flexibility index (Phi) is 4.04. The first-order valence-corrected chi connectivity index (χ1v) is 6.41. The molecular formula is C14H16F3NO2. The number of hydrogen-bond donors (Lipinski definition) is 1. The first-order valence-electron chi connectivity index (χ1n) is 6.41. The minimum Gasteiger partial charge on any atom is -0.461 e. The number of rotatable bonds is 3. The van der Waals surface area contributed by atoms with Gasteiger partial charge in [-0.3, -0.25) is 10.1 Å². The van der Waals surface area contributed by atoms with Crippen LogP contribution in [0.25, 0.3) is 0 Å². The van der Waals surface area contributed by atoms with Crippen LogP contribution in [-0.2, 0) is 15.7 Å². The van der Waals surface area contributed by atoms with Crippen LogP contribution in [0.4, 0.5) is 13.2 Å². The third-order valence-electron chi connectivity index (χ3n) is 3.36. The van der Waals surface area contributed by atoms with E-state index in [1.165, 1.54) is 12.1 Å². The molecule has 0 amide bonds. The summed E-state index contributed by atoms with van der Waals surface area (Å²) in [5.74, 6) is -0.309. The number of benzene rings is 1. The molecule has 1 saturated heterocycles. The van der Waals surface area contributed by atoms with Crippen molar-refractivity contribution in [3.05, 3.63) is 35.4 Å². The van der Waals surface area contributed by atoms with E-state index in [1.54, 1.807) is 6.92 Å². The van der Waals surface area contributed by atoms with Gasteiger partial charge in [-0.15, -0.1) is 0 Å². The highest BCUT2D eigenvalue weighted by molar-refractivity contribution is 5.78. The van der Waals surface area contributed by atoms with E-state index < -0.39 is 17.8 Å². The molecule has 110 valence electrons. The largest absolute Gasteiger partial charge is 0.461 e. The smallest absolute Gasteiger partial charge is 0.416 e. The molecule has 6 heteroatoms. The van der Waals surface area contributed by atoms with E-state index in [2.05, 4.69) is 5.32 Å². The number of carbonyl (C=O) groups is 1. The van der Waals surface area contributed by atoms with Gasteiger partial charge in [-0.05, 0) is 31.5 Å². The summed E-state index contributed by atoms with van der Waals surface area (Å²) in [6.45, 7) is 3.61. The Balaban J connectivity index is 2.03. The minimum atomic E-state index is -4.33. The lowest BCUT2D eigenvalue weighted by molar-refractivity contribution is -0.142. The summed E-state index contributed by atoms with van der Waals surface area (Å²) >= 11 is 0. The molecule has 2 rings (SSSR count). The van der Waals surface area contributed by atoms with Crippen LogP contribution in [0, 0.1) is 0 Å². The van der Waals surface area contributed by atoms with Crippen molar-refractivity contribution >= 4 is 5.97 Å². The van der Waals surface area contributed by atoms with Crippen LogP contribution in [-0.4, -0.2) is 18.1 Å². The van der Waals surface area contributed by atoms with Crippen LogP contribution < -0.4 is 5.32 Å². The topological polar surface area (TPSA) is 38.3 Å². The van der Waals surface area contributed by atoms with E-state index in [0.29, 0.717) is 12.0 Å². The van der Waals surface area contributed by atoms with Gasteiger partial charge < -0.3 is 4.74 Å². The number of hydrogen-bond acceptors (Lipinski definition) is 3. The predicted molar refractivity (Wildman–Crippen MR) is 67.0 cm³/mol. The van der Waals surface area contributed by atoms with Gasteiger partial charge in [-0.2, -0.15) is 13.2 Å². The van der Waals surface area contributed by atoms with Crippen molar-refractivity contribution in [3.63, 3.8) is 0 Å². The number of ether oxygens (including phenoxy) is 1. The first-order chi connectivity index (χ1) is 9.27. The predicted octanol–water partition coefficient (Wildman–Crippen LogP) is 3.06. The molecule has 0 radical (unpaired) electrons. The number of carbonyl (C=O) groups excluding carboxylic acids is 1. The molecule has 3 atom stereocenters. The van der Waals surface area contributed by atoms with Crippen LogP contribution in [0.1, 0.15) is 37.4 Å². The van der Waals surface area contributed by atoms with Crippen molar-refractivity contribution in [1.82, 2.24) is 5.32 Å². The molecular weight excluding hydrogens is 271 g/mol. The molecule has 1 fully saturated rings. The van der Waals surface area contributed by atoms with Crippen LogP contribution in [0.2, 0.25) is 0 Å². The number of nitrogens with one attached hydrogen (secondary N) is 1. The Morgan fingerprint density at radius 2 is 1.90 bits per heavy atom. The molecule has 1 aliphatic rings. The molecule has 0 saturated carbocycles. The maximum Gasteiger partial charge on any atom is 0.416 e. The summed E-state index contributed by atoms with van der Waals surface area (Å²) in [5, 5.41) is 3.08. The minimum absolute atomic E-state index is 0.125. The monoisotopic (exact) mass is 287 g/mol. The Bertz CT molecular complexity index is 484. The van der Waals surface area contributed by atoms with Gasteiger partial charge in [0.1, 0.15) is 12.1 Å². The van der Waals surface area contributed by atoms with E-state index in [1.807, 2.05) is 6.92 Å². The third kappa shape index (κ3) is 3.30. The molecule has 1 heterocycles. The van der Waals surface area contributed by atoms with Crippen LogP contribution in [0.3, 0.4) is 0 Å². The van der Waals surface area contributed by atoms with E-state index >= 15 is 0 Å². The van der Waals surface area contributed by atoms with Gasteiger partial charge in [0.25, 0.3) is 0 Å². The lowest BCUT2D eigenvalue weighted by Gasteiger charge is -2.18. The highest BCUT2D eigenvalue weighted by Crippen LogP contribution is 2.30. The Morgan fingerprint density at radius 3 is 2.35 bits per heavy atom. The van der Waals surface area contributed by atoms with Gasteiger partial charge in [-0.1, -0.05) is 12.1 Å². The van der Waals surface area contributed by atoms with Crippen LogP contribution in [0.15, 0.2) is 24.3 Å². The highest BCUT2D eigenvalue weighted by Gasteiger charge is 2.33. The van der Waals surface area contributed by atoms with Crippen LogP contribution in [0.5, 0.6) is 0 Å². The third-order valence-corrected chi connectivity index (χ3v) is 3.36.